The molecule has 4 nitrogen and oxygen atoms in total. The average molecular weight is 282 g/mol. The van der Waals surface area contributed by atoms with Crippen LogP contribution in [-0.4, -0.2) is 20.4 Å². The lowest BCUT2D eigenvalue weighted by molar-refractivity contribution is 1.05. The molecule has 5 aromatic rings. The molecule has 0 aliphatic heterocycles. The summed E-state index contributed by atoms with van der Waals surface area (Å²) in [4.78, 5) is 0. The van der Waals surface area contributed by atoms with Gasteiger partial charge in [0.2, 0.25) is 0 Å². The number of rotatable bonds is 0. The van der Waals surface area contributed by atoms with E-state index in [0.29, 0.717) is 0 Å². The Morgan fingerprint density at radius 2 is 0.545 bits per heavy atom. The minimum absolute atomic E-state index is 1.11. The monoisotopic (exact) mass is 282 g/mol. The van der Waals surface area contributed by atoms with Gasteiger partial charge >= 0.3 is 0 Å². The summed E-state index contributed by atoms with van der Waals surface area (Å²) in [7, 11) is 0. The quantitative estimate of drug-likeness (QED) is 0.404. The Bertz CT molecular complexity index is 997. The minimum Gasteiger partial charge on any atom is -0.158 e. The lowest BCUT2D eigenvalue weighted by Crippen LogP contribution is -1.84. The first-order chi connectivity index (χ1) is 10.9. The van der Waals surface area contributed by atoms with E-state index in [-0.39, 0.29) is 0 Å². The first-order valence-electron chi connectivity index (χ1n) is 7.05. The summed E-state index contributed by atoms with van der Waals surface area (Å²) in [6.07, 6.45) is 7.20. The first kappa shape index (κ1) is 11.5. The van der Waals surface area contributed by atoms with Crippen LogP contribution in [0.1, 0.15) is 0 Å². The third kappa shape index (κ3) is 1.64. The van der Waals surface area contributed by atoms with E-state index in [4.69, 9.17) is 0 Å². The van der Waals surface area contributed by atoms with Crippen LogP contribution in [0.2, 0.25) is 0 Å². The van der Waals surface area contributed by atoms with E-state index in [1.165, 1.54) is 21.5 Å². The van der Waals surface area contributed by atoms with E-state index in [1.807, 2.05) is 0 Å². The second-order valence-corrected chi connectivity index (χ2v) is 5.49. The van der Waals surface area contributed by atoms with Crippen LogP contribution in [0.25, 0.3) is 43.1 Å². The molecule has 0 N–H and O–H groups in total. The highest BCUT2D eigenvalue weighted by atomic mass is 15.1. The van der Waals surface area contributed by atoms with Crippen LogP contribution >= 0.6 is 0 Å². The molecule has 0 saturated carbocycles. The molecule has 0 unspecified atom stereocenters. The molecular formula is C18H10N4. The van der Waals surface area contributed by atoms with Gasteiger partial charge in [0.1, 0.15) is 0 Å². The minimum atomic E-state index is 1.11. The molecule has 0 aliphatic rings. The number of hydrogen-bond acceptors (Lipinski definition) is 4. The Hall–Kier alpha value is -3.14. The van der Waals surface area contributed by atoms with Gasteiger partial charge in [-0.15, -0.1) is 0 Å². The fraction of sp³-hybridized carbons (Fsp3) is 0. The maximum Gasteiger partial charge on any atom is 0.0574 e. The van der Waals surface area contributed by atoms with Crippen molar-refractivity contribution in [1.29, 1.82) is 0 Å². The summed E-state index contributed by atoms with van der Waals surface area (Å²) in [5.41, 5.74) is 0. The van der Waals surface area contributed by atoms with Crippen molar-refractivity contribution >= 4 is 43.1 Å². The largest absolute Gasteiger partial charge is 0.158 e. The molecule has 0 atom stereocenters. The molecule has 0 amide bonds. The predicted molar refractivity (Wildman–Crippen MR) is 87.6 cm³/mol. The van der Waals surface area contributed by atoms with Gasteiger partial charge in [0.25, 0.3) is 0 Å². The van der Waals surface area contributed by atoms with Crippen molar-refractivity contribution in [3.8, 4) is 0 Å². The molecule has 0 spiro atoms. The van der Waals surface area contributed by atoms with Gasteiger partial charge in [-0.05, 0) is 57.9 Å². The molecule has 2 aromatic heterocycles. The Balaban J connectivity index is 1.93. The van der Waals surface area contributed by atoms with Crippen LogP contribution < -0.4 is 0 Å². The standard InChI is InChI=1S/C18H10N4/c1-11-3-15-7-19-21-9-17(15)5-13(11)2-14-6-18-10-22-20-8-16(18)4-12(1)14/h1-10H. The van der Waals surface area contributed by atoms with Crippen LogP contribution in [0, 0.1) is 0 Å². The highest BCUT2D eigenvalue weighted by Crippen LogP contribution is 2.29. The van der Waals surface area contributed by atoms with Gasteiger partial charge in [-0.25, -0.2) is 0 Å². The van der Waals surface area contributed by atoms with Gasteiger partial charge in [-0.3, -0.25) is 0 Å². The lowest BCUT2D eigenvalue weighted by atomic mass is 9.99. The third-order valence-electron chi connectivity index (χ3n) is 4.12. The second kappa shape index (κ2) is 4.18. The molecule has 0 bridgehead atoms. The number of nitrogens with zero attached hydrogens (tertiary/aromatic N) is 4. The SMILES string of the molecule is c1nncc2cc3cc4cc5cnncc5cc4cc3cc12. The number of benzene rings is 3. The molecular weight excluding hydrogens is 272 g/mol. The summed E-state index contributed by atoms with van der Waals surface area (Å²) in [6, 6.07) is 13.1. The summed E-state index contributed by atoms with van der Waals surface area (Å²) < 4.78 is 0. The molecule has 0 fully saturated rings. The van der Waals surface area contributed by atoms with Gasteiger partial charge < -0.3 is 0 Å². The summed E-state index contributed by atoms with van der Waals surface area (Å²) in [6.45, 7) is 0. The zero-order chi connectivity index (χ0) is 14.5. The molecule has 22 heavy (non-hydrogen) atoms. The molecule has 2 heterocycles. The number of fused-ring (bicyclic) bond motifs is 4. The van der Waals surface area contributed by atoms with Crippen LogP contribution in [0.15, 0.2) is 61.2 Å². The molecule has 0 saturated heterocycles. The zero-order valence-corrected chi connectivity index (χ0v) is 11.6. The first-order valence-corrected chi connectivity index (χ1v) is 7.05. The summed E-state index contributed by atoms with van der Waals surface area (Å²) >= 11 is 0. The highest BCUT2D eigenvalue weighted by Gasteiger charge is 2.03. The number of aromatic nitrogens is 4. The maximum absolute atomic E-state index is 3.96. The van der Waals surface area contributed by atoms with Crippen molar-refractivity contribution in [2.24, 2.45) is 0 Å². The Kier molecular flexibility index (Phi) is 2.19. The van der Waals surface area contributed by atoms with Crippen LogP contribution in [-0.2, 0) is 0 Å². The molecule has 3 aromatic carbocycles. The average Bonchev–Trinajstić information content (AvgIpc) is 2.56. The smallest absolute Gasteiger partial charge is 0.0574 e. The predicted octanol–water partition coefficient (Wildman–Crippen LogP) is 3.88. The molecule has 5 rings (SSSR count). The topological polar surface area (TPSA) is 51.6 Å². The van der Waals surface area contributed by atoms with Crippen molar-refractivity contribution in [1.82, 2.24) is 20.4 Å². The van der Waals surface area contributed by atoms with Gasteiger partial charge in [-0.2, -0.15) is 20.4 Å². The van der Waals surface area contributed by atoms with Crippen LogP contribution in [0.3, 0.4) is 0 Å². The van der Waals surface area contributed by atoms with Crippen molar-refractivity contribution in [2.75, 3.05) is 0 Å². The number of hydrogen-bond donors (Lipinski definition) is 0. The molecule has 0 radical (unpaired) electrons. The fourth-order valence-corrected chi connectivity index (χ4v) is 3.00. The van der Waals surface area contributed by atoms with Crippen molar-refractivity contribution in [2.45, 2.75) is 0 Å². The van der Waals surface area contributed by atoms with Crippen molar-refractivity contribution < 1.29 is 0 Å². The highest BCUT2D eigenvalue weighted by molar-refractivity contribution is 6.07. The van der Waals surface area contributed by atoms with Crippen molar-refractivity contribution in [3.63, 3.8) is 0 Å². The zero-order valence-electron chi connectivity index (χ0n) is 11.6. The summed E-state index contributed by atoms with van der Waals surface area (Å²) in [5.74, 6) is 0. The van der Waals surface area contributed by atoms with E-state index in [0.717, 1.165) is 21.5 Å². The second-order valence-electron chi connectivity index (χ2n) is 5.49. The van der Waals surface area contributed by atoms with Crippen LogP contribution in [0.4, 0.5) is 0 Å². The Labute approximate surface area is 125 Å². The lowest BCUT2D eigenvalue weighted by Gasteiger charge is -2.06. The van der Waals surface area contributed by atoms with E-state index in [2.05, 4.69) is 56.8 Å². The molecule has 0 aliphatic carbocycles. The van der Waals surface area contributed by atoms with Gasteiger partial charge in [0, 0.05) is 21.5 Å². The Morgan fingerprint density at radius 3 is 0.818 bits per heavy atom. The van der Waals surface area contributed by atoms with E-state index >= 15 is 0 Å². The van der Waals surface area contributed by atoms with E-state index < -0.39 is 0 Å². The normalized spacial score (nSPS) is 11.6. The van der Waals surface area contributed by atoms with Gasteiger partial charge in [-0.1, -0.05) is 0 Å². The molecule has 102 valence electrons. The molecule has 4 heteroatoms. The Morgan fingerprint density at radius 1 is 0.318 bits per heavy atom. The maximum atomic E-state index is 3.96. The van der Waals surface area contributed by atoms with E-state index in [1.54, 1.807) is 24.8 Å². The summed E-state index contributed by atoms with van der Waals surface area (Å²) in [5, 5.41) is 25.1. The van der Waals surface area contributed by atoms with Gasteiger partial charge in [0.05, 0.1) is 24.8 Å². The van der Waals surface area contributed by atoms with E-state index in [9.17, 15) is 0 Å². The van der Waals surface area contributed by atoms with Gasteiger partial charge in [0.15, 0.2) is 0 Å². The van der Waals surface area contributed by atoms with Crippen molar-refractivity contribution in [3.05, 3.63) is 61.2 Å². The fourth-order valence-electron chi connectivity index (χ4n) is 3.00. The third-order valence-corrected chi connectivity index (χ3v) is 4.12. The van der Waals surface area contributed by atoms with Crippen LogP contribution in [0.5, 0.6) is 0 Å².